The number of hydrogen-bond acceptors (Lipinski definition) is 2. The third-order valence-corrected chi connectivity index (χ3v) is 2.33. The van der Waals surface area contributed by atoms with E-state index in [1.54, 1.807) is 0 Å². The van der Waals surface area contributed by atoms with Gasteiger partial charge in [0, 0.05) is 33.8 Å². The van der Waals surface area contributed by atoms with E-state index in [1.165, 1.54) is 32.1 Å². The molecule has 3 nitrogen and oxygen atoms in total. The Morgan fingerprint density at radius 2 is 2.00 bits per heavy atom. The van der Waals surface area contributed by atoms with Crippen LogP contribution in [0.3, 0.4) is 0 Å². The molecule has 0 saturated carbocycles. The normalized spacial score (nSPS) is 10.0. The molecule has 0 unspecified atom stereocenters. The number of nitrogens with zero attached hydrogens (tertiary/aromatic N) is 3. The number of aryl methyl sites for hydroxylation is 1. The number of aromatic nitrogens is 3. The number of unbranched alkanes of at least 4 members (excludes halogenated alkanes) is 4. The fraction of sp³-hybridized carbons (Fsp3) is 0.727. The van der Waals surface area contributed by atoms with Crippen LogP contribution in [0.15, 0.2) is 6.20 Å². The van der Waals surface area contributed by atoms with E-state index in [2.05, 4.69) is 24.2 Å². The van der Waals surface area contributed by atoms with Gasteiger partial charge < -0.3 is 6.92 Å². The average Bonchev–Trinajstić information content (AvgIpc) is 2.65. The third kappa shape index (κ3) is 6.09. The van der Waals surface area contributed by atoms with Gasteiger partial charge in [0.2, 0.25) is 0 Å². The molecule has 0 saturated heterocycles. The Bertz CT molecular complexity index is 248. The van der Waals surface area contributed by atoms with Gasteiger partial charge in [0.05, 0.1) is 5.69 Å². The maximum Gasteiger partial charge on any atom is 0.0530 e. The van der Waals surface area contributed by atoms with Crippen LogP contribution in [0.1, 0.15) is 44.7 Å². The van der Waals surface area contributed by atoms with E-state index in [-0.39, 0.29) is 21.1 Å². The Labute approximate surface area is 107 Å². The molecule has 0 fully saturated rings. The summed E-state index contributed by atoms with van der Waals surface area (Å²) in [4.78, 5) is 0. The minimum atomic E-state index is 0. The summed E-state index contributed by atoms with van der Waals surface area (Å²) in [6.07, 6.45) is 9.22. The Morgan fingerprint density at radius 3 is 2.60 bits per heavy atom. The van der Waals surface area contributed by atoms with Gasteiger partial charge in [-0.2, -0.15) is 0 Å². The first-order chi connectivity index (χ1) is 6.86. The van der Waals surface area contributed by atoms with Crippen molar-refractivity contribution in [2.45, 2.75) is 52.0 Å². The molecule has 0 radical (unpaired) electrons. The molecule has 0 aliphatic carbocycles. The monoisotopic (exact) mass is 378 g/mol. The minimum absolute atomic E-state index is 0. The van der Waals surface area contributed by atoms with Gasteiger partial charge in [0.15, 0.2) is 0 Å². The summed E-state index contributed by atoms with van der Waals surface area (Å²) in [6.45, 7) is 7.01. The molecule has 0 bridgehead atoms. The van der Waals surface area contributed by atoms with Crippen LogP contribution in [0.2, 0.25) is 0 Å². The molecule has 0 aromatic carbocycles. The summed E-state index contributed by atoms with van der Waals surface area (Å²) in [7, 11) is 0. The SMILES string of the molecule is [CH2-]Cc1cn(CCCCCCC)nn1.[W]. The van der Waals surface area contributed by atoms with Gasteiger partial charge in [0.25, 0.3) is 0 Å². The standard InChI is InChI=1S/C11H20N3.W/c1-3-5-6-7-8-9-14-10-11(4-2)12-13-14;/h10H,2-9H2,1H3;/q-1;. The third-order valence-electron chi connectivity index (χ3n) is 2.33. The van der Waals surface area contributed by atoms with Gasteiger partial charge >= 0.3 is 0 Å². The van der Waals surface area contributed by atoms with Crippen LogP contribution in [0.5, 0.6) is 0 Å². The predicted octanol–water partition coefficient (Wildman–Crippen LogP) is 2.62. The van der Waals surface area contributed by atoms with Crippen molar-refractivity contribution >= 4 is 0 Å². The molecular formula is C11H20N3W-. The molecule has 1 heterocycles. The Morgan fingerprint density at radius 1 is 1.27 bits per heavy atom. The van der Waals surface area contributed by atoms with Gasteiger partial charge in [0.1, 0.15) is 0 Å². The van der Waals surface area contributed by atoms with Crippen molar-refractivity contribution in [3.8, 4) is 0 Å². The summed E-state index contributed by atoms with van der Waals surface area (Å²) in [6, 6.07) is 0. The van der Waals surface area contributed by atoms with Crippen LogP contribution in [-0.4, -0.2) is 15.0 Å². The Kier molecular flexibility index (Phi) is 8.98. The van der Waals surface area contributed by atoms with Crippen molar-refractivity contribution in [3.05, 3.63) is 18.8 Å². The van der Waals surface area contributed by atoms with Gasteiger partial charge in [-0.3, -0.25) is 4.68 Å². The summed E-state index contributed by atoms with van der Waals surface area (Å²) < 4.78 is 1.92. The molecular weight excluding hydrogens is 358 g/mol. The second kappa shape index (κ2) is 9.08. The summed E-state index contributed by atoms with van der Waals surface area (Å²) >= 11 is 0. The first-order valence-electron chi connectivity index (χ1n) is 5.55. The minimum Gasteiger partial charge on any atom is -0.337 e. The maximum absolute atomic E-state index is 4.03. The largest absolute Gasteiger partial charge is 0.337 e. The molecule has 0 aliphatic rings. The van der Waals surface area contributed by atoms with Gasteiger partial charge in [-0.05, 0) is 6.42 Å². The molecule has 0 spiro atoms. The van der Waals surface area contributed by atoms with Crippen molar-refractivity contribution in [2.75, 3.05) is 0 Å². The summed E-state index contributed by atoms with van der Waals surface area (Å²) in [5, 5.41) is 8.03. The number of hydrogen-bond donors (Lipinski definition) is 0. The summed E-state index contributed by atoms with van der Waals surface area (Å²) in [5.41, 5.74) is 0.985. The molecule has 1 aromatic rings. The van der Waals surface area contributed by atoms with Gasteiger partial charge in [-0.15, -0.1) is 11.5 Å². The fourth-order valence-corrected chi connectivity index (χ4v) is 1.44. The van der Waals surface area contributed by atoms with E-state index in [0.29, 0.717) is 0 Å². The molecule has 0 amide bonds. The van der Waals surface area contributed by atoms with Crippen LogP contribution in [0, 0.1) is 6.92 Å². The van der Waals surface area contributed by atoms with Crippen molar-refractivity contribution in [1.29, 1.82) is 0 Å². The van der Waals surface area contributed by atoms with Crippen molar-refractivity contribution in [2.24, 2.45) is 0 Å². The van der Waals surface area contributed by atoms with Crippen molar-refractivity contribution in [3.63, 3.8) is 0 Å². The summed E-state index contributed by atoms with van der Waals surface area (Å²) in [5.74, 6) is 0. The number of rotatable bonds is 7. The van der Waals surface area contributed by atoms with Crippen LogP contribution < -0.4 is 0 Å². The van der Waals surface area contributed by atoms with E-state index >= 15 is 0 Å². The van der Waals surface area contributed by atoms with Crippen LogP contribution in [0.4, 0.5) is 0 Å². The molecule has 0 atom stereocenters. The van der Waals surface area contributed by atoms with E-state index in [0.717, 1.165) is 18.7 Å². The van der Waals surface area contributed by atoms with Crippen molar-refractivity contribution < 1.29 is 21.1 Å². The van der Waals surface area contributed by atoms with E-state index < -0.39 is 0 Å². The quantitative estimate of drug-likeness (QED) is 0.540. The van der Waals surface area contributed by atoms with Crippen LogP contribution >= 0.6 is 0 Å². The smallest absolute Gasteiger partial charge is 0.0530 e. The molecule has 1 rings (SSSR count). The zero-order valence-electron chi connectivity index (χ0n) is 9.48. The molecule has 1 aromatic heterocycles. The topological polar surface area (TPSA) is 30.7 Å². The average molecular weight is 378 g/mol. The Hall–Kier alpha value is -0.172. The second-order valence-corrected chi connectivity index (χ2v) is 3.64. The van der Waals surface area contributed by atoms with Gasteiger partial charge in [-0.1, -0.05) is 37.8 Å². The molecule has 4 heteroatoms. The molecule has 0 N–H and O–H groups in total. The zero-order chi connectivity index (χ0) is 10.2. The van der Waals surface area contributed by atoms with Crippen LogP contribution in [0.25, 0.3) is 0 Å². The first-order valence-corrected chi connectivity index (χ1v) is 5.55. The fourth-order valence-electron chi connectivity index (χ4n) is 1.44. The predicted molar refractivity (Wildman–Crippen MR) is 57.8 cm³/mol. The van der Waals surface area contributed by atoms with E-state index in [9.17, 15) is 0 Å². The molecule has 15 heavy (non-hydrogen) atoms. The van der Waals surface area contributed by atoms with E-state index in [4.69, 9.17) is 0 Å². The van der Waals surface area contributed by atoms with Gasteiger partial charge in [-0.25, -0.2) is 0 Å². The van der Waals surface area contributed by atoms with Crippen LogP contribution in [-0.2, 0) is 34.0 Å². The Balaban J connectivity index is 0.00000196. The zero-order valence-corrected chi connectivity index (χ0v) is 12.4. The maximum atomic E-state index is 4.03. The molecule has 86 valence electrons. The second-order valence-electron chi connectivity index (χ2n) is 3.64. The first kappa shape index (κ1) is 14.8. The molecule has 0 aliphatic heterocycles. The van der Waals surface area contributed by atoms with Crippen molar-refractivity contribution in [1.82, 2.24) is 15.0 Å². The van der Waals surface area contributed by atoms with E-state index in [1.807, 2.05) is 10.9 Å².